The Labute approximate surface area is 150 Å². The minimum Gasteiger partial charge on any atom is -0.362 e. The summed E-state index contributed by atoms with van der Waals surface area (Å²) in [4.78, 5) is 32.7. The summed E-state index contributed by atoms with van der Waals surface area (Å²) in [5.74, 6) is -3.66. The average Bonchev–Trinajstić information content (AvgIpc) is 3.18. The van der Waals surface area contributed by atoms with Gasteiger partial charge in [-0.3, -0.25) is 9.78 Å². The van der Waals surface area contributed by atoms with Crippen LogP contribution in [0.25, 0.3) is 16.9 Å². The first kappa shape index (κ1) is 18.7. The molecule has 0 saturated carbocycles. The Balaban J connectivity index is 0.00000102. The third kappa shape index (κ3) is 3.44. The fourth-order valence-corrected chi connectivity index (χ4v) is 2.83. The molecule has 1 aliphatic rings. The first-order chi connectivity index (χ1) is 12.8. The topological polar surface area (TPSA) is 99.2 Å². The van der Waals surface area contributed by atoms with Crippen LogP contribution in [0.4, 0.5) is 18.9 Å². The Morgan fingerprint density at radius 1 is 1.26 bits per heavy atom. The van der Waals surface area contributed by atoms with Crippen molar-refractivity contribution in [3.05, 3.63) is 45.2 Å². The average molecular weight is 382 g/mol. The van der Waals surface area contributed by atoms with Crippen LogP contribution in [0.5, 0.6) is 0 Å². The molecule has 1 fully saturated rings. The van der Waals surface area contributed by atoms with Crippen LogP contribution in [0.15, 0.2) is 28.0 Å². The van der Waals surface area contributed by atoms with Crippen molar-refractivity contribution in [2.75, 3.05) is 18.0 Å². The molecule has 2 N–H and O–H groups in total. The van der Waals surface area contributed by atoms with Crippen molar-refractivity contribution in [2.24, 2.45) is 0 Å². The fourth-order valence-electron chi connectivity index (χ4n) is 2.83. The SMILES string of the molecule is CC.O=c1[nH]cc(-c2cc(N3CCC(F)(F)C3)c3ncc(F)n3n2)c(=O)[nH]1. The van der Waals surface area contributed by atoms with Gasteiger partial charge in [0.25, 0.3) is 11.5 Å². The Morgan fingerprint density at radius 3 is 2.63 bits per heavy atom. The van der Waals surface area contributed by atoms with E-state index in [1.54, 1.807) is 0 Å². The van der Waals surface area contributed by atoms with Crippen molar-refractivity contribution in [3.63, 3.8) is 0 Å². The molecule has 0 aliphatic carbocycles. The predicted octanol–water partition coefficient (Wildman–Crippen LogP) is 1.78. The van der Waals surface area contributed by atoms with Gasteiger partial charge in [0.05, 0.1) is 24.0 Å². The lowest BCUT2D eigenvalue weighted by atomic mass is 10.2. The molecule has 3 aromatic rings. The zero-order chi connectivity index (χ0) is 19.8. The molecule has 4 rings (SSSR count). The van der Waals surface area contributed by atoms with E-state index in [1.807, 2.05) is 18.8 Å². The summed E-state index contributed by atoms with van der Waals surface area (Å²) in [6.45, 7) is 3.52. The number of nitrogens with zero attached hydrogens (tertiary/aromatic N) is 4. The van der Waals surface area contributed by atoms with Gasteiger partial charge in [0.1, 0.15) is 5.69 Å². The molecule has 8 nitrogen and oxygen atoms in total. The first-order valence-corrected chi connectivity index (χ1v) is 8.33. The summed E-state index contributed by atoms with van der Waals surface area (Å²) in [7, 11) is 0. The second kappa shape index (κ2) is 6.89. The number of imidazole rings is 1. The van der Waals surface area contributed by atoms with Crippen LogP contribution in [-0.2, 0) is 0 Å². The second-order valence-electron chi connectivity index (χ2n) is 5.74. The van der Waals surface area contributed by atoms with Gasteiger partial charge in [0.15, 0.2) is 5.65 Å². The van der Waals surface area contributed by atoms with Crippen molar-refractivity contribution in [3.8, 4) is 11.3 Å². The van der Waals surface area contributed by atoms with E-state index in [4.69, 9.17) is 0 Å². The standard InChI is InChI=1S/C14H11F3N6O2.C2H6/c15-10-5-18-11-9(22-2-1-14(16,17)6-22)3-8(21-23(10)11)7-4-19-13(25)20-12(7)24;1-2/h3-5H,1-2,6H2,(H2,19,20,24,25);1-2H3. The number of fused-ring (bicyclic) bond motifs is 1. The number of halogens is 3. The number of aromatic amines is 2. The third-order valence-corrected chi connectivity index (χ3v) is 4.01. The molecule has 0 aromatic carbocycles. The highest BCUT2D eigenvalue weighted by molar-refractivity contribution is 5.74. The zero-order valence-electron chi connectivity index (χ0n) is 14.6. The van der Waals surface area contributed by atoms with E-state index in [9.17, 15) is 22.8 Å². The van der Waals surface area contributed by atoms with E-state index in [1.165, 1.54) is 11.0 Å². The van der Waals surface area contributed by atoms with Crippen molar-refractivity contribution >= 4 is 11.3 Å². The van der Waals surface area contributed by atoms with E-state index in [0.29, 0.717) is 0 Å². The number of aromatic nitrogens is 5. The summed E-state index contributed by atoms with van der Waals surface area (Å²) in [6, 6.07) is 1.38. The minimum atomic E-state index is -2.86. The van der Waals surface area contributed by atoms with Crippen LogP contribution in [0.1, 0.15) is 20.3 Å². The molecule has 0 radical (unpaired) electrons. The number of hydrogen-bond acceptors (Lipinski definition) is 5. The first-order valence-electron chi connectivity index (χ1n) is 8.33. The molecular formula is C16H17F3N6O2. The second-order valence-corrected chi connectivity index (χ2v) is 5.74. The van der Waals surface area contributed by atoms with Crippen LogP contribution < -0.4 is 16.1 Å². The zero-order valence-corrected chi connectivity index (χ0v) is 14.6. The summed E-state index contributed by atoms with van der Waals surface area (Å²) in [6.07, 6.45) is 1.71. The van der Waals surface area contributed by atoms with Crippen LogP contribution in [0.3, 0.4) is 0 Å². The van der Waals surface area contributed by atoms with Crippen molar-refractivity contribution in [1.82, 2.24) is 24.6 Å². The molecule has 3 aromatic heterocycles. The molecule has 11 heteroatoms. The van der Waals surface area contributed by atoms with Gasteiger partial charge < -0.3 is 9.88 Å². The lowest BCUT2D eigenvalue weighted by Crippen LogP contribution is -2.26. The highest BCUT2D eigenvalue weighted by Gasteiger charge is 2.39. The van der Waals surface area contributed by atoms with Crippen molar-refractivity contribution in [2.45, 2.75) is 26.2 Å². The smallest absolute Gasteiger partial charge is 0.325 e. The number of H-pyrrole nitrogens is 2. The molecule has 144 valence electrons. The van der Waals surface area contributed by atoms with Gasteiger partial charge in [-0.25, -0.2) is 18.6 Å². The number of hydrogen-bond donors (Lipinski definition) is 2. The molecule has 0 bridgehead atoms. The maximum atomic E-state index is 14.0. The summed E-state index contributed by atoms with van der Waals surface area (Å²) >= 11 is 0. The normalized spacial score (nSPS) is 15.7. The number of nitrogens with one attached hydrogen (secondary N) is 2. The van der Waals surface area contributed by atoms with E-state index >= 15 is 0 Å². The Kier molecular flexibility index (Phi) is 4.77. The summed E-state index contributed by atoms with van der Waals surface area (Å²) in [5, 5.41) is 3.99. The van der Waals surface area contributed by atoms with Crippen LogP contribution in [0, 0.1) is 5.95 Å². The highest BCUT2D eigenvalue weighted by Crippen LogP contribution is 2.34. The van der Waals surface area contributed by atoms with E-state index in [0.717, 1.165) is 16.9 Å². The van der Waals surface area contributed by atoms with Gasteiger partial charge >= 0.3 is 5.69 Å². The van der Waals surface area contributed by atoms with Gasteiger partial charge in [-0.15, -0.1) is 0 Å². The lowest BCUT2D eigenvalue weighted by molar-refractivity contribution is 0.0257. The van der Waals surface area contributed by atoms with Crippen molar-refractivity contribution < 1.29 is 13.2 Å². The number of rotatable bonds is 2. The van der Waals surface area contributed by atoms with E-state index in [2.05, 4.69) is 15.1 Å². The van der Waals surface area contributed by atoms with E-state index in [-0.39, 0.29) is 35.6 Å². The van der Waals surface area contributed by atoms with Crippen LogP contribution in [0.2, 0.25) is 0 Å². The van der Waals surface area contributed by atoms with Gasteiger partial charge in [-0.2, -0.15) is 14.0 Å². The quantitative estimate of drug-likeness (QED) is 0.704. The lowest BCUT2D eigenvalue weighted by Gasteiger charge is -2.19. The Bertz CT molecular complexity index is 1090. The number of alkyl halides is 2. The summed E-state index contributed by atoms with van der Waals surface area (Å²) < 4.78 is 41.9. The molecular weight excluding hydrogens is 365 g/mol. The monoisotopic (exact) mass is 382 g/mol. The molecule has 4 heterocycles. The molecule has 1 aliphatic heterocycles. The number of anilines is 1. The Morgan fingerprint density at radius 2 is 2.00 bits per heavy atom. The van der Waals surface area contributed by atoms with Gasteiger partial charge in [-0.05, 0) is 6.07 Å². The highest BCUT2D eigenvalue weighted by atomic mass is 19.3. The third-order valence-electron chi connectivity index (χ3n) is 4.01. The predicted molar refractivity (Wildman–Crippen MR) is 92.7 cm³/mol. The van der Waals surface area contributed by atoms with Gasteiger partial charge in [0, 0.05) is 19.2 Å². The van der Waals surface area contributed by atoms with E-state index < -0.39 is 29.7 Å². The van der Waals surface area contributed by atoms with Crippen molar-refractivity contribution in [1.29, 1.82) is 0 Å². The Hall–Kier alpha value is -3.11. The maximum absolute atomic E-state index is 14.0. The summed E-state index contributed by atoms with van der Waals surface area (Å²) in [5.41, 5.74) is -1.14. The molecule has 27 heavy (non-hydrogen) atoms. The molecule has 0 amide bonds. The van der Waals surface area contributed by atoms with Crippen LogP contribution >= 0.6 is 0 Å². The fraction of sp³-hybridized carbons (Fsp3) is 0.375. The molecule has 0 unspecified atom stereocenters. The van der Waals surface area contributed by atoms with Gasteiger partial charge in [0.2, 0.25) is 5.95 Å². The van der Waals surface area contributed by atoms with Gasteiger partial charge in [-0.1, -0.05) is 13.8 Å². The minimum absolute atomic E-state index is 0.0205. The molecule has 0 spiro atoms. The molecule has 1 saturated heterocycles. The molecule has 0 atom stereocenters. The largest absolute Gasteiger partial charge is 0.362 e. The van der Waals surface area contributed by atoms with Crippen LogP contribution in [-0.4, -0.2) is 43.6 Å². The maximum Gasteiger partial charge on any atom is 0.325 e.